The maximum absolute atomic E-state index is 5.36. The van der Waals surface area contributed by atoms with Crippen LogP contribution in [0.1, 0.15) is 50.5 Å². The third kappa shape index (κ3) is 29.7. The van der Waals surface area contributed by atoms with E-state index in [1.165, 1.54) is 6.42 Å². The van der Waals surface area contributed by atoms with E-state index in [-0.39, 0.29) is 37.1 Å². The van der Waals surface area contributed by atoms with Crippen LogP contribution in [0, 0.1) is 0 Å². The summed E-state index contributed by atoms with van der Waals surface area (Å²) < 4.78 is 0. The summed E-state index contributed by atoms with van der Waals surface area (Å²) in [6, 6.07) is 0. The zero-order chi connectivity index (χ0) is 9.94. The van der Waals surface area contributed by atoms with Gasteiger partial charge in [0.15, 0.2) is 0 Å². The molecule has 0 spiro atoms. The van der Waals surface area contributed by atoms with E-state index >= 15 is 0 Å². The maximum atomic E-state index is 5.36. The van der Waals surface area contributed by atoms with E-state index in [1.54, 1.807) is 0 Å². The molecule has 0 rings (SSSR count). The number of nitrogens with two attached hydrogens (primary N) is 1. The highest BCUT2D eigenvalue weighted by molar-refractivity contribution is 4.53. The summed E-state index contributed by atoms with van der Waals surface area (Å²) in [6.07, 6.45) is 1.20. The second kappa shape index (κ2) is 30.1. The molecular weight excluding hydrogens is 224 g/mol. The Kier molecular flexibility index (Phi) is 60.4. The van der Waals surface area contributed by atoms with Crippen molar-refractivity contribution in [2.45, 2.75) is 50.5 Å². The second-order valence-electron chi connectivity index (χ2n) is 3.28. The molecule has 0 atom stereocenters. The van der Waals surface area contributed by atoms with Crippen molar-refractivity contribution < 1.29 is 0 Å². The molecule has 0 radical (unpaired) electrons. The van der Waals surface area contributed by atoms with Crippen LogP contribution in [0.2, 0.25) is 0 Å². The summed E-state index contributed by atoms with van der Waals surface area (Å²) in [7, 11) is 2.11. The number of hydrogen-bond acceptors (Lipinski definition) is 4. The number of hydrogen-bond donors (Lipinski definition) is 3. The molecule has 0 aliphatic rings. The maximum Gasteiger partial charge on any atom is 0.0478 e. The third-order valence-corrected chi connectivity index (χ3v) is 1.80. The summed E-state index contributed by atoms with van der Waals surface area (Å²) in [5.74, 6) is 0. The smallest absolute Gasteiger partial charge is 0.0478 e. The highest BCUT2D eigenvalue weighted by Gasteiger charge is 1.95. The average molecular weight is 269 g/mol. The van der Waals surface area contributed by atoms with Gasteiger partial charge in [-0.2, -0.15) is 0 Å². The van der Waals surface area contributed by atoms with Gasteiger partial charge in [-0.1, -0.05) is 44.1 Å². The molecule has 0 aliphatic carbocycles. The van der Waals surface area contributed by atoms with Gasteiger partial charge in [-0.15, -0.1) is 0 Å². The quantitative estimate of drug-likeness (QED) is 0.444. The van der Waals surface area contributed by atoms with E-state index in [0.29, 0.717) is 6.54 Å². The van der Waals surface area contributed by atoms with Crippen LogP contribution in [-0.2, 0) is 0 Å². The molecule has 0 saturated heterocycles. The van der Waals surface area contributed by atoms with Gasteiger partial charge in [-0.25, -0.2) is 0 Å². The monoisotopic (exact) mass is 268 g/mol. The molecule has 0 aromatic heterocycles. The first-order valence-electron chi connectivity index (χ1n) is 5.11. The zero-order valence-corrected chi connectivity index (χ0v) is 8.97. The molecule has 0 bridgehead atoms. The molecule has 0 aromatic rings. The Balaban J connectivity index is -0.0000000720. The Morgan fingerprint density at radius 1 is 0.889 bits per heavy atom. The molecule has 0 aromatic carbocycles. The lowest BCUT2D eigenvalue weighted by molar-refractivity contribution is 0.307. The van der Waals surface area contributed by atoms with Gasteiger partial charge < -0.3 is 16.4 Å². The lowest BCUT2D eigenvalue weighted by Crippen LogP contribution is -2.37. The van der Waals surface area contributed by atoms with Gasteiger partial charge >= 0.3 is 0 Å². The van der Waals surface area contributed by atoms with Gasteiger partial charge in [0.2, 0.25) is 0 Å². The Labute approximate surface area is 119 Å². The fraction of sp³-hybridized carbons (Fsp3) is 1.00. The minimum absolute atomic E-state index is 0. The molecule has 4 heteroatoms. The van der Waals surface area contributed by atoms with Gasteiger partial charge in [-0.3, -0.25) is 4.90 Å². The van der Waals surface area contributed by atoms with Gasteiger partial charge in [0.25, 0.3) is 0 Å². The van der Waals surface area contributed by atoms with E-state index in [0.717, 1.165) is 32.8 Å². The Bertz CT molecular complexity index is 99.8. The largest absolute Gasteiger partial charge is 0.329 e. The Morgan fingerprint density at radius 3 is 1.89 bits per heavy atom. The van der Waals surface area contributed by atoms with Crippen molar-refractivity contribution >= 4 is 0 Å². The first-order valence-corrected chi connectivity index (χ1v) is 5.11. The van der Waals surface area contributed by atoms with Gasteiger partial charge in [0, 0.05) is 32.8 Å². The molecule has 4 nitrogen and oxygen atoms in total. The van der Waals surface area contributed by atoms with E-state index in [9.17, 15) is 0 Å². The molecule has 18 heavy (non-hydrogen) atoms. The minimum Gasteiger partial charge on any atom is -0.329 e. The van der Waals surface area contributed by atoms with Gasteiger partial charge in [0.05, 0.1) is 0 Å². The van der Waals surface area contributed by atoms with Crippen molar-refractivity contribution in [1.29, 1.82) is 0 Å². The van der Waals surface area contributed by atoms with Crippen LogP contribution >= 0.6 is 0 Å². The van der Waals surface area contributed by atoms with Crippen LogP contribution in [-0.4, -0.2) is 51.3 Å². The van der Waals surface area contributed by atoms with E-state index in [4.69, 9.17) is 5.73 Å². The first kappa shape index (κ1) is 36.1. The fourth-order valence-corrected chi connectivity index (χ4v) is 1.02. The van der Waals surface area contributed by atoms with Gasteiger partial charge in [0.1, 0.15) is 0 Å². The first-order chi connectivity index (χ1) is 6.31. The van der Waals surface area contributed by atoms with Crippen molar-refractivity contribution in [1.82, 2.24) is 15.5 Å². The SMILES string of the molecule is C.C.C.C.C.CCCNCCN(C)CNCCN. The van der Waals surface area contributed by atoms with Crippen LogP contribution in [0.5, 0.6) is 0 Å². The van der Waals surface area contributed by atoms with Crippen molar-refractivity contribution in [3.63, 3.8) is 0 Å². The molecular formula is C14H44N4. The highest BCUT2D eigenvalue weighted by atomic mass is 15.2. The molecule has 0 heterocycles. The molecule has 0 unspecified atom stereocenters. The fourth-order valence-electron chi connectivity index (χ4n) is 1.02. The standard InChI is InChI=1S/C9H24N4.5CH4/c1-3-5-11-7-8-13(2)9-12-6-4-10;;;;;/h11-12H,3-10H2,1-2H3;5*1H4. The molecule has 0 aliphatic heterocycles. The van der Waals surface area contributed by atoms with Crippen LogP contribution in [0.3, 0.4) is 0 Å². The molecule has 0 saturated carbocycles. The van der Waals surface area contributed by atoms with Crippen molar-refractivity contribution in [2.75, 3.05) is 46.4 Å². The predicted molar refractivity (Wildman–Crippen MR) is 91.4 cm³/mol. The van der Waals surface area contributed by atoms with Crippen LogP contribution in [0.25, 0.3) is 0 Å². The minimum atomic E-state index is 0. The topological polar surface area (TPSA) is 53.3 Å². The Hall–Kier alpha value is -0.160. The molecule has 0 fully saturated rings. The normalized spacial score (nSPS) is 8.00. The average Bonchev–Trinajstić information content (AvgIpc) is 2.13. The summed E-state index contributed by atoms with van der Waals surface area (Å²) in [4.78, 5) is 2.25. The van der Waals surface area contributed by atoms with Crippen molar-refractivity contribution in [2.24, 2.45) is 5.73 Å². The third-order valence-electron chi connectivity index (χ3n) is 1.80. The van der Waals surface area contributed by atoms with Crippen molar-refractivity contribution in [3.8, 4) is 0 Å². The number of nitrogens with zero attached hydrogens (tertiary/aromatic N) is 1. The molecule has 4 N–H and O–H groups in total. The van der Waals surface area contributed by atoms with E-state index in [2.05, 4.69) is 29.5 Å². The second-order valence-corrected chi connectivity index (χ2v) is 3.28. The predicted octanol–water partition coefficient (Wildman–Crippen LogP) is 2.60. The van der Waals surface area contributed by atoms with Crippen LogP contribution in [0.15, 0.2) is 0 Å². The lowest BCUT2D eigenvalue weighted by Gasteiger charge is -2.17. The van der Waals surface area contributed by atoms with Crippen molar-refractivity contribution in [3.05, 3.63) is 0 Å². The molecule has 120 valence electrons. The highest BCUT2D eigenvalue weighted by Crippen LogP contribution is 1.77. The summed E-state index contributed by atoms with van der Waals surface area (Å²) in [5.41, 5.74) is 5.36. The van der Waals surface area contributed by atoms with Crippen LogP contribution in [0.4, 0.5) is 0 Å². The number of nitrogens with one attached hydrogen (secondary N) is 2. The lowest BCUT2D eigenvalue weighted by atomic mass is 10.4. The van der Waals surface area contributed by atoms with E-state index in [1.807, 2.05) is 0 Å². The Morgan fingerprint density at radius 2 is 1.44 bits per heavy atom. The number of likely N-dealkylation sites (N-methyl/N-ethyl adjacent to an activating group) is 1. The summed E-state index contributed by atoms with van der Waals surface area (Å²) in [5, 5.41) is 6.61. The molecule has 0 amide bonds. The zero-order valence-electron chi connectivity index (χ0n) is 8.97. The summed E-state index contributed by atoms with van der Waals surface area (Å²) >= 11 is 0. The summed E-state index contributed by atoms with van der Waals surface area (Å²) in [6.45, 7) is 7.97. The van der Waals surface area contributed by atoms with E-state index < -0.39 is 0 Å². The van der Waals surface area contributed by atoms with Crippen LogP contribution < -0.4 is 16.4 Å². The number of rotatable bonds is 9. The van der Waals surface area contributed by atoms with Gasteiger partial charge in [-0.05, 0) is 20.0 Å².